The van der Waals surface area contributed by atoms with Crippen molar-refractivity contribution in [3.8, 4) is 6.07 Å². The van der Waals surface area contributed by atoms with Gasteiger partial charge in [-0.1, -0.05) is 0 Å². The summed E-state index contributed by atoms with van der Waals surface area (Å²) in [5.41, 5.74) is 0. The number of sulfone groups is 1. The Hall–Kier alpha value is -1.61. The first-order valence-electron chi connectivity index (χ1n) is 4.70. The Morgan fingerprint density at radius 1 is 1.56 bits per heavy atom. The molecule has 0 aromatic carbocycles. The summed E-state index contributed by atoms with van der Waals surface area (Å²) >= 11 is 0. The van der Waals surface area contributed by atoms with E-state index >= 15 is 0 Å². The van der Waals surface area contributed by atoms with Crippen molar-refractivity contribution < 1.29 is 8.42 Å². The molecule has 1 rings (SSSR count). The maximum Gasteiger partial charge on any atom is 0.179 e. The van der Waals surface area contributed by atoms with Crippen LogP contribution in [0.15, 0.2) is 23.2 Å². The van der Waals surface area contributed by atoms with Crippen LogP contribution < -0.4 is 4.90 Å². The van der Waals surface area contributed by atoms with Crippen molar-refractivity contribution in [2.75, 3.05) is 24.7 Å². The van der Waals surface area contributed by atoms with Crippen molar-refractivity contribution in [1.29, 1.82) is 5.26 Å². The number of hydrogen-bond donors (Lipinski definition) is 0. The van der Waals surface area contributed by atoms with E-state index in [-0.39, 0.29) is 4.90 Å². The van der Waals surface area contributed by atoms with Gasteiger partial charge in [-0.15, -0.1) is 0 Å². The summed E-state index contributed by atoms with van der Waals surface area (Å²) < 4.78 is 23.0. The lowest BCUT2D eigenvalue weighted by Crippen LogP contribution is -2.21. The molecule has 1 heterocycles. The van der Waals surface area contributed by atoms with Crippen LogP contribution in [0.1, 0.15) is 6.42 Å². The Labute approximate surface area is 95.3 Å². The minimum atomic E-state index is -3.29. The largest absolute Gasteiger partial charge is 0.358 e. The van der Waals surface area contributed by atoms with Crippen molar-refractivity contribution >= 4 is 15.7 Å². The minimum Gasteiger partial charge on any atom is -0.358 e. The van der Waals surface area contributed by atoms with Gasteiger partial charge in [0.25, 0.3) is 0 Å². The van der Waals surface area contributed by atoms with Crippen LogP contribution in [-0.4, -0.2) is 33.2 Å². The van der Waals surface area contributed by atoms with Crippen molar-refractivity contribution in [2.45, 2.75) is 11.3 Å². The fraction of sp³-hybridized carbons (Fsp3) is 0.400. The second kappa shape index (κ2) is 4.94. The summed E-state index contributed by atoms with van der Waals surface area (Å²) in [7, 11) is -1.57. The predicted molar refractivity (Wildman–Crippen MR) is 60.8 cm³/mol. The molecule has 0 atom stereocenters. The SMILES string of the molecule is CN(CCC#N)c1ncccc1S(C)(=O)=O. The van der Waals surface area contributed by atoms with Gasteiger partial charge in [0.05, 0.1) is 12.5 Å². The van der Waals surface area contributed by atoms with Crippen molar-refractivity contribution in [3.63, 3.8) is 0 Å². The number of nitriles is 1. The fourth-order valence-electron chi connectivity index (χ4n) is 1.28. The second-order valence-corrected chi connectivity index (χ2v) is 5.41. The summed E-state index contributed by atoms with van der Waals surface area (Å²) in [5.74, 6) is 0.389. The number of rotatable bonds is 4. The van der Waals surface area contributed by atoms with Crippen LogP contribution in [0.4, 0.5) is 5.82 Å². The van der Waals surface area contributed by atoms with E-state index in [2.05, 4.69) is 4.98 Å². The van der Waals surface area contributed by atoms with Gasteiger partial charge in [0.15, 0.2) is 9.84 Å². The van der Waals surface area contributed by atoms with E-state index in [1.54, 1.807) is 18.0 Å². The van der Waals surface area contributed by atoms with Crippen LogP contribution in [0.2, 0.25) is 0 Å². The molecule has 6 heteroatoms. The number of hydrogen-bond acceptors (Lipinski definition) is 5. The van der Waals surface area contributed by atoms with Gasteiger partial charge in [-0.2, -0.15) is 5.26 Å². The van der Waals surface area contributed by atoms with E-state index in [9.17, 15) is 8.42 Å². The molecular weight excluding hydrogens is 226 g/mol. The lowest BCUT2D eigenvalue weighted by atomic mass is 10.4. The highest BCUT2D eigenvalue weighted by molar-refractivity contribution is 7.90. The van der Waals surface area contributed by atoms with Gasteiger partial charge in [0.1, 0.15) is 10.7 Å². The third-order valence-corrected chi connectivity index (χ3v) is 3.19. The Bertz CT molecular complexity index is 505. The molecule has 0 saturated heterocycles. The van der Waals surface area contributed by atoms with E-state index in [1.165, 1.54) is 12.3 Å². The van der Waals surface area contributed by atoms with E-state index in [0.29, 0.717) is 18.8 Å². The average molecular weight is 239 g/mol. The lowest BCUT2D eigenvalue weighted by molar-refractivity contribution is 0.601. The van der Waals surface area contributed by atoms with E-state index in [1.807, 2.05) is 6.07 Å². The summed E-state index contributed by atoms with van der Waals surface area (Å²) in [4.78, 5) is 5.89. The highest BCUT2D eigenvalue weighted by atomic mass is 32.2. The predicted octanol–water partition coefficient (Wildman–Crippen LogP) is 0.835. The molecule has 0 bridgehead atoms. The van der Waals surface area contributed by atoms with Crippen LogP contribution in [0.25, 0.3) is 0 Å². The van der Waals surface area contributed by atoms with Gasteiger partial charge >= 0.3 is 0 Å². The third kappa shape index (κ3) is 2.94. The molecule has 1 aromatic rings. The zero-order chi connectivity index (χ0) is 12.2. The maximum atomic E-state index is 11.5. The molecule has 0 N–H and O–H groups in total. The molecule has 0 radical (unpaired) electrons. The molecule has 0 aliphatic heterocycles. The molecule has 86 valence electrons. The minimum absolute atomic E-state index is 0.190. The standard InChI is InChI=1S/C10H13N3O2S/c1-13(8-4-6-11)10-9(16(2,14)15)5-3-7-12-10/h3,5,7H,4,8H2,1-2H3. The van der Waals surface area contributed by atoms with Crippen molar-refractivity contribution in [3.05, 3.63) is 18.3 Å². The molecule has 16 heavy (non-hydrogen) atoms. The number of nitrogens with zero attached hydrogens (tertiary/aromatic N) is 3. The van der Waals surface area contributed by atoms with Crippen molar-refractivity contribution in [2.24, 2.45) is 0 Å². The number of anilines is 1. The highest BCUT2D eigenvalue weighted by Gasteiger charge is 2.16. The molecule has 0 aliphatic carbocycles. The molecule has 0 fully saturated rings. The molecule has 0 spiro atoms. The number of aromatic nitrogens is 1. The van der Waals surface area contributed by atoms with Gasteiger partial charge < -0.3 is 4.90 Å². The Morgan fingerprint density at radius 3 is 2.81 bits per heavy atom. The van der Waals surface area contributed by atoms with Crippen molar-refractivity contribution in [1.82, 2.24) is 4.98 Å². The van der Waals surface area contributed by atoms with Gasteiger partial charge in [-0.3, -0.25) is 0 Å². The Morgan fingerprint density at radius 2 is 2.25 bits per heavy atom. The average Bonchev–Trinajstić information content (AvgIpc) is 2.24. The summed E-state index contributed by atoms with van der Waals surface area (Å²) in [6, 6.07) is 5.10. The van der Waals surface area contributed by atoms with Gasteiger partial charge in [-0.05, 0) is 12.1 Å². The molecular formula is C10H13N3O2S. The monoisotopic (exact) mass is 239 g/mol. The quantitative estimate of drug-likeness (QED) is 0.778. The molecule has 0 aliphatic rings. The lowest BCUT2D eigenvalue weighted by Gasteiger charge is -2.18. The van der Waals surface area contributed by atoms with E-state index in [0.717, 1.165) is 6.26 Å². The zero-order valence-electron chi connectivity index (χ0n) is 9.21. The van der Waals surface area contributed by atoms with E-state index < -0.39 is 9.84 Å². The maximum absolute atomic E-state index is 11.5. The first-order chi connectivity index (χ1) is 7.46. The first-order valence-corrected chi connectivity index (χ1v) is 6.59. The van der Waals surface area contributed by atoms with Crippen LogP contribution in [0.5, 0.6) is 0 Å². The third-order valence-electron chi connectivity index (χ3n) is 2.07. The molecule has 0 unspecified atom stereocenters. The smallest absolute Gasteiger partial charge is 0.179 e. The summed E-state index contributed by atoms with van der Waals surface area (Å²) in [6.07, 6.45) is 3.01. The first kappa shape index (κ1) is 12.5. The second-order valence-electron chi connectivity index (χ2n) is 3.43. The van der Waals surface area contributed by atoms with Gasteiger partial charge in [0, 0.05) is 26.0 Å². The zero-order valence-corrected chi connectivity index (χ0v) is 10.0. The molecule has 1 aromatic heterocycles. The van der Waals surface area contributed by atoms with Crippen LogP contribution in [-0.2, 0) is 9.84 Å². The topological polar surface area (TPSA) is 74.1 Å². The summed E-state index contributed by atoms with van der Waals surface area (Å²) in [6.45, 7) is 0.454. The van der Waals surface area contributed by atoms with Gasteiger partial charge in [0.2, 0.25) is 0 Å². The van der Waals surface area contributed by atoms with Crippen LogP contribution in [0, 0.1) is 11.3 Å². The molecule has 5 nitrogen and oxygen atoms in total. The molecule has 0 amide bonds. The number of pyridine rings is 1. The Kier molecular flexibility index (Phi) is 3.85. The highest BCUT2D eigenvalue weighted by Crippen LogP contribution is 2.20. The Balaban J connectivity index is 3.10. The normalized spacial score (nSPS) is 10.8. The summed E-state index contributed by atoms with van der Waals surface area (Å²) in [5, 5.41) is 8.48. The molecule has 0 saturated carbocycles. The van der Waals surface area contributed by atoms with Gasteiger partial charge in [-0.25, -0.2) is 13.4 Å². The van der Waals surface area contributed by atoms with E-state index in [4.69, 9.17) is 5.26 Å². The van der Waals surface area contributed by atoms with Crippen LogP contribution in [0.3, 0.4) is 0 Å². The van der Waals surface area contributed by atoms with Crippen LogP contribution >= 0.6 is 0 Å². The fourth-order valence-corrected chi connectivity index (χ4v) is 2.15.